The summed E-state index contributed by atoms with van der Waals surface area (Å²) in [4.78, 5) is 14.5. The van der Waals surface area contributed by atoms with Crippen molar-refractivity contribution in [2.45, 2.75) is 23.0 Å². The molecule has 0 aliphatic carbocycles. The first-order chi connectivity index (χ1) is 11.9. The molecule has 0 radical (unpaired) electrons. The maximum absolute atomic E-state index is 12.7. The molecule has 0 saturated carbocycles. The number of hydrogen-bond donors (Lipinski definition) is 0. The fourth-order valence-electron chi connectivity index (χ4n) is 3.04. The van der Waals surface area contributed by atoms with Gasteiger partial charge >= 0.3 is 0 Å². The first-order valence-corrected chi connectivity index (χ1v) is 10.5. The molecule has 0 unspecified atom stereocenters. The number of benzene rings is 1. The number of likely N-dealkylation sites (tertiary alicyclic amines) is 1. The van der Waals surface area contributed by atoms with E-state index in [-0.39, 0.29) is 16.0 Å². The third-order valence-corrected chi connectivity index (χ3v) is 6.88. The van der Waals surface area contributed by atoms with Crippen LogP contribution < -0.4 is 4.74 Å². The van der Waals surface area contributed by atoms with E-state index in [1.807, 2.05) is 12.1 Å². The van der Waals surface area contributed by atoms with Gasteiger partial charge < -0.3 is 9.64 Å². The lowest BCUT2D eigenvalue weighted by atomic mass is 9.94. The summed E-state index contributed by atoms with van der Waals surface area (Å²) in [6, 6.07) is 7.14. The van der Waals surface area contributed by atoms with Crippen LogP contribution >= 0.6 is 11.5 Å². The molecule has 25 heavy (non-hydrogen) atoms. The zero-order chi connectivity index (χ0) is 18.0. The van der Waals surface area contributed by atoms with E-state index in [0.29, 0.717) is 42.9 Å². The number of amides is 1. The zero-order valence-electron chi connectivity index (χ0n) is 14.0. The second-order valence-electron chi connectivity index (χ2n) is 5.98. The number of carbonyl (C=O) groups is 1. The van der Waals surface area contributed by atoms with Gasteiger partial charge in [-0.05, 0) is 25.0 Å². The Balaban J connectivity index is 1.72. The van der Waals surface area contributed by atoms with Crippen molar-refractivity contribution in [2.24, 2.45) is 0 Å². The highest BCUT2D eigenvalue weighted by molar-refractivity contribution is 7.92. The molecule has 1 saturated heterocycles. The topological polar surface area (TPSA) is 89.5 Å². The van der Waals surface area contributed by atoms with Crippen LogP contribution in [-0.2, 0) is 9.84 Å². The maximum Gasteiger partial charge on any atom is 0.257 e. The van der Waals surface area contributed by atoms with E-state index in [0.717, 1.165) is 11.5 Å². The van der Waals surface area contributed by atoms with Crippen LogP contribution in [0.5, 0.6) is 5.75 Å². The van der Waals surface area contributed by atoms with Gasteiger partial charge in [-0.25, -0.2) is 8.42 Å². The van der Waals surface area contributed by atoms with Crippen molar-refractivity contribution in [2.75, 3.05) is 26.5 Å². The third kappa shape index (κ3) is 3.67. The van der Waals surface area contributed by atoms with E-state index in [2.05, 4.69) is 9.59 Å². The number of sulfone groups is 1. The van der Waals surface area contributed by atoms with Crippen LogP contribution in [0.25, 0.3) is 0 Å². The van der Waals surface area contributed by atoms with Gasteiger partial charge in [-0.15, -0.1) is 5.10 Å². The Kier molecular flexibility index (Phi) is 5.05. The van der Waals surface area contributed by atoms with Gasteiger partial charge in [0.25, 0.3) is 5.91 Å². The summed E-state index contributed by atoms with van der Waals surface area (Å²) in [5.41, 5.74) is 1.08. The maximum atomic E-state index is 12.7. The van der Waals surface area contributed by atoms with Crippen LogP contribution in [0.15, 0.2) is 28.5 Å². The van der Waals surface area contributed by atoms with Crippen LogP contribution in [0.3, 0.4) is 0 Å². The first kappa shape index (κ1) is 17.8. The van der Waals surface area contributed by atoms with Crippen molar-refractivity contribution in [3.63, 3.8) is 0 Å². The van der Waals surface area contributed by atoms with Gasteiger partial charge in [0.2, 0.25) is 0 Å². The molecule has 7 nitrogen and oxygen atoms in total. The lowest BCUT2D eigenvalue weighted by Crippen LogP contribution is -2.38. The first-order valence-electron chi connectivity index (χ1n) is 7.86. The van der Waals surface area contributed by atoms with E-state index < -0.39 is 9.84 Å². The van der Waals surface area contributed by atoms with Crippen molar-refractivity contribution in [3.8, 4) is 5.75 Å². The summed E-state index contributed by atoms with van der Waals surface area (Å²) in [6.45, 7) is 1.09. The Morgan fingerprint density at radius 3 is 2.60 bits per heavy atom. The molecule has 2 aromatic rings. The minimum absolute atomic E-state index is 0.00481. The number of rotatable bonds is 4. The Hall–Kier alpha value is -2.00. The van der Waals surface area contributed by atoms with Crippen LogP contribution in [0.2, 0.25) is 0 Å². The molecule has 2 heterocycles. The Labute approximate surface area is 150 Å². The predicted octanol–water partition coefficient (Wildman–Crippen LogP) is 1.97. The number of para-hydroxylation sites is 1. The minimum atomic E-state index is -3.32. The molecule has 1 aliphatic heterocycles. The van der Waals surface area contributed by atoms with Crippen molar-refractivity contribution >= 4 is 27.3 Å². The summed E-state index contributed by atoms with van der Waals surface area (Å²) in [7, 11) is -1.78. The van der Waals surface area contributed by atoms with Crippen LogP contribution in [0.4, 0.5) is 0 Å². The average molecular weight is 381 g/mol. The molecule has 3 rings (SSSR count). The van der Waals surface area contributed by atoms with Crippen molar-refractivity contribution < 1.29 is 17.9 Å². The van der Waals surface area contributed by atoms with Crippen LogP contribution in [0.1, 0.15) is 34.8 Å². The van der Waals surface area contributed by atoms with Gasteiger partial charge in [0.1, 0.15) is 5.75 Å². The number of aromatic nitrogens is 2. The largest absolute Gasteiger partial charge is 0.496 e. The number of piperidine rings is 1. The molecular weight excluding hydrogens is 362 g/mol. The van der Waals surface area contributed by atoms with Crippen molar-refractivity contribution in [1.82, 2.24) is 14.5 Å². The van der Waals surface area contributed by atoms with Crippen molar-refractivity contribution in [1.29, 1.82) is 0 Å². The van der Waals surface area contributed by atoms with E-state index in [9.17, 15) is 13.2 Å². The number of ether oxygens (including phenoxy) is 1. The fraction of sp³-hybridized carbons (Fsp3) is 0.438. The Morgan fingerprint density at radius 2 is 1.96 bits per heavy atom. The molecule has 0 N–H and O–H groups in total. The number of hydrogen-bond acceptors (Lipinski definition) is 7. The number of carbonyl (C=O) groups excluding carboxylic acids is 1. The summed E-state index contributed by atoms with van der Waals surface area (Å²) >= 11 is 0.913. The van der Waals surface area contributed by atoms with E-state index in [1.165, 1.54) is 6.26 Å². The van der Waals surface area contributed by atoms with Crippen molar-refractivity contribution in [3.05, 3.63) is 35.5 Å². The number of nitrogens with zero attached hydrogens (tertiary/aromatic N) is 3. The normalized spacial score (nSPS) is 16.0. The molecule has 1 aromatic carbocycles. The lowest BCUT2D eigenvalue weighted by Gasteiger charge is -2.31. The van der Waals surface area contributed by atoms with Crippen LogP contribution in [0, 0.1) is 0 Å². The highest BCUT2D eigenvalue weighted by Gasteiger charge is 2.31. The van der Waals surface area contributed by atoms with Gasteiger partial charge in [0.15, 0.2) is 14.0 Å². The van der Waals surface area contributed by atoms with Crippen LogP contribution in [-0.4, -0.2) is 55.3 Å². The van der Waals surface area contributed by atoms with Gasteiger partial charge in [-0.3, -0.25) is 4.79 Å². The molecule has 0 bridgehead atoms. The summed E-state index contributed by atoms with van der Waals surface area (Å²) in [5.74, 6) is 0.485. The Morgan fingerprint density at radius 1 is 1.28 bits per heavy atom. The lowest BCUT2D eigenvalue weighted by molar-refractivity contribution is 0.0708. The van der Waals surface area contributed by atoms with Gasteiger partial charge in [0.05, 0.1) is 18.4 Å². The SMILES string of the molecule is COc1ccccc1C(=O)N1CCC(c2nnsc2S(C)(=O)=O)CC1. The Bertz CT molecular complexity index is 871. The second kappa shape index (κ2) is 7.09. The standard InChI is InChI=1S/C16H19N3O4S2/c1-23-13-6-4-3-5-12(13)15(20)19-9-7-11(8-10-19)14-16(24-18-17-14)25(2,21)22/h3-6,11H,7-10H2,1-2H3. The van der Waals surface area contributed by atoms with Gasteiger partial charge in [-0.2, -0.15) is 0 Å². The summed E-state index contributed by atoms with van der Waals surface area (Å²) in [5, 5.41) is 4.03. The van der Waals surface area contributed by atoms with E-state index >= 15 is 0 Å². The molecule has 0 atom stereocenters. The zero-order valence-corrected chi connectivity index (χ0v) is 15.6. The molecule has 1 aliphatic rings. The molecule has 1 fully saturated rings. The highest BCUT2D eigenvalue weighted by Crippen LogP contribution is 2.33. The smallest absolute Gasteiger partial charge is 0.257 e. The molecule has 1 aromatic heterocycles. The predicted molar refractivity (Wildman–Crippen MR) is 93.9 cm³/mol. The molecule has 9 heteroatoms. The quantitative estimate of drug-likeness (QED) is 0.804. The van der Waals surface area contributed by atoms with Gasteiger partial charge in [0, 0.05) is 36.8 Å². The minimum Gasteiger partial charge on any atom is -0.496 e. The fourth-order valence-corrected chi connectivity index (χ4v) is 4.78. The van der Waals surface area contributed by atoms with E-state index in [4.69, 9.17) is 4.74 Å². The highest BCUT2D eigenvalue weighted by atomic mass is 32.2. The van der Waals surface area contributed by atoms with Gasteiger partial charge in [-0.1, -0.05) is 16.6 Å². The monoisotopic (exact) mass is 381 g/mol. The molecule has 0 spiro atoms. The molecule has 134 valence electrons. The summed E-state index contributed by atoms with van der Waals surface area (Å²) in [6.07, 6.45) is 2.50. The van der Waals surface area contributed by atoms with E-state index in [1.54, 1.807) is 24.1 Å². The molecular formula is C16H19N3O4S2. The third-order valence-electron chi connectivity index (χ3n) is 4.32. The second-order valence-corrected chi connectivity index (χ2v) is 8.95. The summed E-state index contributed by atoms with van der Waals surface area (Å²) < 4.78 is 33.0. The number of methoxy groups -OCH3 is 1. The molecule has 1 amide bonds. The average Bonchev–Trinajstić information content (AvgIpc) is 3.11.